The van der Waals surface area contributed by atoms with Crippen molar-refractivity contribution in [3.05, 3.63) is 71.7 Å². The molecule has 0 radical (unpaired) electrons. The van der Waals surface area contributed by atoms with Gasteiger partial charge in [0.05, 0.1) is 18.9 Å². The molecule has 33 heavy (non-hydrogen) atoms. The van der Waals surface area contributed by atoms with Crippen LogP contribution >= 0.6 is 0 Å². The second-order valence-corrected chi connectivity index (χ2v) is 8.17. The van der Waals surface area contributed by atoms with E-state index in [1.165, 1.54) is 6.07 Å². The Morgan fingerprint density at radius 1 is 1.15 bits per heavy atom. The van der Waals surface area contributed by atoms with Gasteiger partial charge in [-0.05, 0) is 30.2 Å². The van der Waals surface area contributed by atoms with Crippen molar-refractivity contribution in [2.75, 3.05) is 44.7 Å². The first kappa shape index (κ1) is 22.9. The van der Waals surface area contributed by atoms with E-state index in [9.17, 15) is 4.39 Å². The number of anilines is 1. The number of nitrogens with one attached hydrogen (secondary N) is 3. The van der Waals surface area contributed by atoms with Crippen LogP contribution in [-0.4, -0.2) is 55.4 Å². The third-order valence-electron chi connectivity index (χ3n) is 5.87. The zero-order chi connectivity index (χ0) is 23.0. The maximum absolute atomic E-state index is 14.0. The average molecular weight is 452 g/mol. The van der Waals surface area contributed by atoms with Crippen molar-refractivity contribution >= 4 is 11.8 Å². The highest BCUT2D eigenvalue weighted by atomic mass is 19.1. The lowest BCUT2D eigenvalue weighted by Gasteiger charge is -2.26. The van der Waals surface area contributed by atoms with E-state index in [2.05, 4.69) is 20.7 Å². The molecule has 1 fully saturated rings. The Morgan fingerprint density at radius 2 is 1.91 bits per heavy atom. The lowest BCUT2D eigenvalue weighted by Crippen LogP contribution is -2.38. The molecule has 4 rings (SSSR count). The summed E-state index contributed by atoms with van der Waals surface area (Å²) in [6.45, 7) is 7.27. The summed E-state index contributed by atoms with van der Waals surface area (Å²) in [6.07, 6.45) is 0.950. The third-order valence-corrected chi connectivity index (χ3v) is 5.87. The molecule has 1 atom stereocenters. The number of aromatic nitrogens is 1. The van der Waals surface area contributed by atoms with Crippen LogP contribution in [0.15, 0.2) is 59.1 Å². The van der Waals surface area contributed by atoms with Crippen molar-refractivity contribution in [3.63, 3.8) is 0 Å². The number of halogens is 1. The van der Waals surface area contributed by atoms with Gasteiger partial charge >= 0.3 is 0 Å². The lowest BCUT2D eigenvalue weighted by atomic mass is 9.95. The van der Waals surface area contributed by atoms with Gasteiger partial charge < -0.3 is 14.6 Å². The van der Waals surface area contributed by atoms with Gasteiger partial charge in [-0.3, -0.25) is 15.6 Å². The van der Waals surface area contributed by atoms with Gasteiger partial charge in [0.15, 0.2) is 5.96 Å². The number of benzene rings is 2. The van der Waals surface area contributed by atoms with Gasteiger partial charge in [-0.1, -0.05) is 54.5 Å². The summed E-state index contributed by atoms with van der Waals surface area (Å²) in [4.78, 5) is 2.37. The number of hydrogen-bond acceptors (Lipinski definition) is 5. The van der Waals surface area contributed by atoms with Gasteiger partial charge in [-0.15, -0.1) is 0 Å². The van der Waals surface area contributed by atoms with Crippen LogP contribution in [0.1, 0.15) is 30.5 Å². The van der Waals surface area contributed by atoms with Crippen LogP contribution in [0.2, 0.25) is 0 Å². The molecule has 1 aromatic heterocycles. The summed E-state index contributed by atoms with van der Waals surface area (Å²) in [6, 6.07) is 16.3. The van der Waals surface area contributed by atoms with Crippen LogP contribution in [0.3, 0.4) is 0 Å². The molecule has 174 valence electrons. The van der Waals surface area contributed by atoms with Gasteiger partial charge in [0, 0.05) is 37.2 Å². The molecule has 0 aliphatic carbocycles. The van der Waals surface area contributed by atoms with E-state index in [0.29, 0.717) is 18.0 Å². The Balaban J connectivity index is 1.26. The van der Waals surface area contributed by atoms with Crippen molar-refractivity contribution in [2.24, 2.45) is 0 Å². The summed E-state index contributed by atoms with van der Waals surface area (Å²) in [7, 11) is 0. The van der Waals surface area contributed by atoms with E-state index in [0.717, 1.165) is 56.1 Å². The number of hydrogen-bond donors (Lipinski definition) is 3. The van der Waals surface area contributed by atoms with E-state index in [1.54, 1.807) is 18.2 Å². The quantitative estimate of drug-likeness (QED) is 0.269. The highest BCUT2D eigenvalue weighted by Gasteiger charge is 2.15. The molecule has 1 aliphatic rings. The molecule has 7 nitrogen and oxygen atoms in total. The van der Waals surface area contributed by atoms with Crippen molar-refractivity contribution in [1.29, 1.82) is 5.41 Å². The minimum atomic E-state index is -0.234. The predicted molar refractivity (Wildman–Crippen MR) is 127 cm³/mol. The Kier molecular flexibility index (Phi) is 7.70. The number of rotatable bonds is 8. The zero-order valence-corrected chi connectivity index (χ0v) is 18.8. The summed E-state index contributed by atoms with van der Waals surface area (Å²) in [5.41, 5.74) is 3.22. The number of nitrogens with zero attached hydrogens (tertiary/aromatic N) is 2. The molecule has 0 amide bonds. The zero-order valence-electron chi connectivity index (χ0n) is 18.8. The fourth-order valence-corrected chi connectivity index (χ4v) is 3.88. The Morgan fingerprint density at radius 3 is 2.67 bits per heavy atom. The highest BCUT2D eigenvalue weighted by molar-refractivity contribution is 5.89. The summed E-state index contributed by atoms with van der Waals surface area (Å²) in [5.74, 6) is 0.365. The van der Waals surface area contributed by atoms with Crippen molar-refractivity contribution in [1.82, 2.24) is 15.4 Å². The van der Waals surface area contributed by atoms with Gasteiger partial charge in [0.1, 0.15) is 5.82 Å². The van der Waals surface area contributed by atoms with Crippen LogP contribution in [-0.2, 0) is 4.74 Å². The minimum Gasteiger partial charge on any atom is -0.379 e. The lowest BCUT2D eigenvalue weighted by molar-refractivity contribution is 0.0376. The topological polar surface area (TPSA) is 86.4 Å². The van der Waals surface area contributed by atoms with Gasteiger partial charge in [-0.25, -0.2) is 4.39 Å². The Bertz CT molecular complexity index is 1050. The molecule has 8 heteroatoms. The molecular formula is C25H30FN5O2. The van der Waals surface area contributed by atoms with Gasteiger partial charge in [0.2, 0.25) is 5.88 Å². The first-order chi connectivity index (χ1) is 16.1. The summed E-state index contributed by atoms with van der Waals surface area (Å²) >= 11 is 0. The molecule has 1 saturated heterocycles. The van der Waals surface area contributed by atoms with E-state index in [1.807, 2.05) is 37.3 Å². The summed E-state index contributed by atoms with van der Waals surface area (Å²) in [5, 5.41) is 18.2. The summed E-state index contributed by atoms with van der Waals surface area (Å²) < 4.78 is 24.8. The Hall–Kier alpha value is -3.23. The van der Waals surface area contributed by atoms with E-state index in [-0.39, 0.29) is 17.7 Å². The van der Waals surface area contributed by atoms with Crippen LogP contribution < -0.4 is 10.6 Å². The maximum atomic E-state index is 14.0. The fraction of sp³-hybridized carbons (Fsp3) is 0.360. The number of morpholine rings is 1. The smallest absolute Gasteiger partial charge is 0.231 e. The molecule has 0 bridgehead atoms. The molecule has 2 aromatic carbocycles. The van der Waals surface area contributed by atoms with E-state index >= 15 is 0 Å². The minimum absolute atomic E-state index is 0.00497. The van der Waals surface area contributed by atoms with Gasteiger partial charge in [-0.2, -0.15) is 0 Å². The van der Waals surface area contributed by atoms with Crippen molar-refractivity contribution in [3.8, 4) is 11.1 Å². The van der Waals surface area contributed by atoms with E-state index < -0.39 is 0 Å². The molecule has 0 saturated carbocycles. The largest absolute Gasteiger partial charge is 0.379 e. The predicted octanol–water partition coefficient (Wildman–Crippen LogP) is 4.29. The fourth-order valence-electron chi connectivity index (χ4n) is 3.88. The standard InChI is InChI=1S/C25H30FN5O2/c1-18(19-7-9-20(10-8-19)21-5-2-3-6-22(21)26)23-17-24(33-30-23)29-25(27)28-11-4-12-31-13-15-32-16-14-31/h2-3,5-10,17-18H,4,11-16H2,1H3,(H3,27,28,29). The SMILES string of the molecule is CC(c1ccc(-c2ccccc2F)cc1)c1cc(NC(=N)NCCCN2CCOCC2)on1. The van der Waals surface area contributed by atoms with Crippen LogP contribution in [0.5, 0.6) is 0 Å². The molecule has 1 unspecified atom stereocenters. The first-order valence-corrected chi connectivity index (χ1v) is 11.3. The molecule has 3 aromatic rings. The van der Waals surface area contributed by atoms with Crippen LogP contribution in [0.4, 0.5) is 10.3 Å². The molecule has 2 heterocycles. The Labute approximate surface area is 193 Å². The normalized spacial score (nSPS) is 15.2. The second-order valence-electron chi connectivity index (χ2n) is 8.17. The van der Waals surface area contributed by atoms with Crippen molar-refractivity contribution < 1.29 is 13.7 Å². The maximum Gasteiger partial charge on any atom is 0.231 e. The van der Waals surface area contributed by atoms with Crippen LogP contribution in [0.25, 0.3) is 11.1 Å². The number of guanidine groups is 1. The molecular weight excluding hydrogens is 421 g/mol. The molecule has 1 aliphatic heterocycles. The van der Waals surface area contributed by atoms with Crippen LogP contribution in [0, 0.1) is 11.2 Å². The molecule has 0 spiro atoms. The molecule has 3 N–H and O–H groups in total. The van der Waals surface area contributed by atoms with Crippen molar-refractivity contribution in [2.45, 2.75) is 19.3 Å². The van der Waals surface area contributed by atoms with E-state index in [4.69, 9.17) is 14.7 Å². The average Bonchev–Trinajstić information content (AvgIpc) is 3.31. The van der Waals surface area contributed by atoms with Gasteiger partial charge in [0.25, 0.3) is 0 Å². The highest BCUT2D eigenvalue weighted by Crippen LogP contribution is 2.28. The first-order valence-electron chi connectivity index (χ1n) is 11.3. The second kappa shape index (κ2) is 11.1. The third kappa shape index (κ3) is 6.18. The number of ether oxygens (including phenoxy) is 1. The monoisotopic (exact) mass is 451 g/mol.